The Morgan fingerprint density at radius 1 is 0.710 bits per heavy atom. The van der Waals surface area contributed by atoms with Gasteiger partial charge in [-0.3, -0.25) is 0 Å². The zero-order valence-electron chi connectivity index (χ0n) is 18.1. The summed E-state index contributed by atoms with van der Waals surface area (Å²) in [5.74, 6) is 0.849. The van der Waals surface area contributed by atoms with E-state index in [1.54, 1.807) is 7.11 Å². The van der Waals surface area contributed by atoms with Crippen LogP contribution in [0.4, 0.5) is 0 Å². The Morgan fingerprint density at radius 3 is 2.29 bits per heavy atom. The molecule has 4 rings (SSSR count). The summed E-state index contributed by atoms with van der Waals surface area (Å²) in [7, 11) is 1.66. The fourth-order valence-corrected chi connectivity index (χ4v) is 3.70. The lowest BCUT2D eigenvalue weighted by Gasteiger charge is -2.14. The molecule has 158 valence electrons. The third-order valence-corrected chi connectivity index (χ3v) is 5.36. The van der Waals surface area contributed by atoms with Crippen molar-refractivity contribution in [3.05, 3.63) is 102 Å². The van der Waals surface area contributed by atoms with E-state index in [1.165, 1.54) is 33.0 Å². The smallest absolute Gasteiger partial charge is 0.189 e. The van der Waals surface area contributed by atoms with Gasteiger partial charge >= 0.3 is 0 Å². The van der Waals surface area contributed by atoms with Crippen LogP contribution in [0.5, 0.6) is 5.75 Å². The topological polar surface area (TPSA) is 27.7 Å². The van der Waals surface area contributed by atoms with Crippen molar-refractivity contribution in [2.24, 2.45) is 0 Å². The Kier molecular flexibility index (Phi) is 6.98. The van der Waals surface area contributed by atoms with E-state index in [2.05, 4.69) is 79.7 Å². The minimum Gasteiger partial charge on any atom is -0.467 e. The van der Waals surface area contributed by atoms with Gasteiger partial charge in [-0.2, -0.15) is 0 Å². The maximum absolute atomic E-state index is 5.95. The summed E-state index contributed by atoms with van der Waals surface area (Å²) in [6, 6.07) is 30.1. The van der Waals surface area contributed by atoms with Crippen LogP contribution in [0, 0.1) is 6.92 Å². The van der Waals surface area contributed by atoms with E-state index in [9.17, 15) is 0 Å². The van der Waals surface area contributed by atoms with E-state index in [1.807, 2.05) is 12.1 Å². The largest absolute Gasteiger partial charge is 0.467 e. The van der Waals surface area contributed by atoms with Gasteiger partial charge < -0.3 is 14.2 Å². The van der Waals surface area contributed by atoms with Crippen LogP contribution in [-0.2, 0) is 15.9 Å². The molecule has 0 aromatic heterocycles. The van der Waals surface area contributed by atoms with Gasteiger partial charge in [-0.1, -0.05) is 72.3 Å². The highest BCUT2D eigenvalue weighted by molar-refractivity contribution is 5.88. The van der Waals surface area contributed by atoms with Gasteiger partial charge in [-0.15, -0.1) is 0 Å². The lowest BCUT2D eigenvalue weighted by Crippen LogP contribution is -2.09. The fourth-order valence-electron chi connectivity index (χ4n) is 3.70. The van der Waals surface area contributed by atoms with Crippen LogP contribution in [0.25, 0.3) is 21.9 Å². The van der Waals surface area contributed by atoms with Crippen molar-refractivity contribution >= 4 is 10.8 Å². The molecule has 3 heteroatoms. The third-order valence-electron chi connectivity index (χ3n) is 5.36. The Labute approximate surface area is 184 Å². The molecule has 0 heterocycles. The first-order chi connectivity index (χ1) is 15.2. The van der Waals surface area contributed by atoms with Crippen LogP contribution in [0.3, 0.4) is 0 Å². The summed E-state index contributed by atoms with van der Waals surface area (Å²) >= 11 is 0. The van der Waals surface area contributed by atoms with Gasteiger partial charge in [0.1, 0.15) is 5.75 Å². The molecule has 3 nitrogen and oxygen atoms in total. The molecule has 0 unspecified atom stereocenters. The Morgan fingerprint density at radius 2 is 1.45 bits per heavy atom. The van der Waals surface area contributed by atoms with Crippen LogP contribution in [0.2, 0.25) is 0 Å². The van der Waals surface area contributed by atoms with Gasteiger partial charge in [0.2, 0.25) is 0 Å². The first-order valence-electron chi connectivity index (χ1n) is 10.6. The second-order valence-corrected chi connectivity index (χ2v) is 7.71. The van der Waals surface area contributed by atoms with Gasteiger partial charge in [-0.25, -0.2) is 0 Å². The van der Waals surface area contributed by atoms with Crippen molar-refractivity contribution in [1.29, 1.82) is 0 Å². The molecule has 0 saturated carbocycles. The fraction of sp³-hybridized carbons (Fsp3) is 0.214. The Bertz CT molecular complexity index is 1140. The number of hydrogen-bond acceptors (Lipinski definition) is 3. The van der Waals surface area contributed by atoms with E-state index in [4.69, 9.17) is 14.2 Å². The average Bonchev–Trinajstić information content (AvgIpc) is 2.80. The summed E-state index contributed by atoms with van der Waals surface area (Å²) in [5.41, 5.74) is 6.05. The molecule has 4 aromatic carbocycles. The maximum Gasteiger partial charge on any atom is 0.189 e. The van der Waals surface area contributed by atoms with Crippen LogP contribution >= 0.6 is 0 Å². The van der Waals surface area contributed by atoms with Gasteiger partial charge in [0.05, 0.1) is 13.2 Å². The SMILES string of the molecule is COCCOCOc1ccc(-c2ccc3cc(C)ccc3c2)cc1Cc1ccccc1. The molecule has 0 atom stereocenters. The van der Waals surface area contributed by atoms with Gasteiger partial charge in [0.25, 0.3) is 0 Å². The number of fused-ring (bicyclic) bond motifs is 1. The lowest BCUT2D eigenvalue weighted by atomic mass is 9.96. The minimum atomic E-state index is 0.208. The van der Waals surface area contributed by atoms with Crippen molar-refractivity contribution < 1.29 is 14.2 Å². The number of methoxy groups -OCH3 is 1. The molecule has 0 amide bonds. The van der Waals surface area contributed by atoms with Crippen molar-refractivity contribution in [3.63, 3.8) is 0 Å². The predicted molar refractivity (Wildman–Crippen MR) is 127 cm³/mol. The molecule has 0 aliphatic carbocycles. The summed E-state index contributed by atoms with van der Waals surface area (Å²) in [5, 5.41) is 2.51. The Balaban J connectivity index is 1.62. The van der Waals surface area contributed by atoms with Crippen LogP contribution < -0.4 is 4.74 Å². The standard InChI is InChI=1S/C28H28O3/c1-21-8-9-24-18-25(11-10-23(24)16-21)26-12-13-28(31-20-30-15-14-29-2)27(19-26)17-22-6-4-3-5-7-22/h3-13,16,18-19H,14-15,17,20H2,1-2H3. The highest BCUT2D eigenvalue weighted by Gasteiger charge is 2.09. The molecular weight excluding hydrogens is 384 g/mol. The first-order valence-corrected chi connectivity index (χ1v) is 10.6. The minimum absolute atomic E-state index is 0.208. The van der Waals surface area contributed by atoms with Crippen LogP contribution in [-0.4, -0.2) is 27.1 Å². The quantitative estimate of drug-likeness (QED) is 0.235. The second-order valence-electron chi connectivity index (χ2n) is 7.71. The summed E-state index contributed by atoms with van der Waals surface area (Å²) < 4.78 is 16.5. The molecule has 0 N–H and O–H groups in total. The number of hydrogen-bond donors (Lipinski definition) is 0. The Hall–Kier alpha value is -3.14. The first kappa shape index (κ1) is 21.1. The third kappa shape index (κ3) is 5.52. The van der Waals surface area contributed by atoms with Crippen molar-refractivity contribution in [1.82, 2.24) is 0 Å². The average molecular weight is 413 g/mol. The van der Waals surface area contributed by atoms with Crippen molar-refractivity contribution in [2.75, 3.05) is 27.1 Å². The molecule has 4 aromatic rings. The molecular formula is C28H28O3. The number of rotatable bonds is 9. The maximum atomic E-state index is 5.95. The van der Waals surface area contributed by atoms with E-state index in [0.29, 0.717) is 13.2 Å². The van der Waals surface area contributed by atoms with E-state index < -0.39 is 0 Å². The summed E-state index contributed by atoms with van der Waals surface area (Å²) in [6.45, 7) is 3.40. The molecule has 0 aliphatic heterocycles. The number of aryl methyl sites for hydroxylation is 1. The van der Waals surface area contributed by atoms with E-state index in [0.717, 1.165) is 17.7 Å². The van der Waals surface area contributed by atoms with E-state index in [-0.39, 0.29) is 6.79 Å². The van der Waals surface area contributed by atoms with E-state index >= 15 is 0 Å². The second kappa shape index (κ2) is 10.3. The number of ether oxygens (including phenoxy) is 3. The summed E-state index contributed by atoms with van der Waals surface area (Å²) in [4.78, 5) is 0. The van der Waals surface area contributed by atoms with Gasteiger partial charge in [0, 0.05) is 13.5 Å². The molecule has 0 bridgehead atoms. The van der Waals surface area contributed by atoms with Gasteiger partial charge in [0.15, 0.2) is 6.79 Å². The normalized spacial score (nSPS) is 11.0. The molecule has 31 heavy (non-hydrogen) atoms. The summed E-state index contributed by atoms with van der Waals surface area (Å²) in [6.07, 6.45) is 0.800. The highest BCUT2D eigenvalue weighted by atomic mass is 16.7. The molecule has 0 aliphatic rings. The van der Waals surface area contributed by atoms with Gasteiger partial charge in [-0.05, 0) is 58.1 Å². The van der Waals surface area contributed by atoms with Crippen LogP contribution in [0.15, 0.2) is 84.9 Å². The predicted octanol–water partition coefficient (Wildman–Crippen LogP) is 6.41. The number of benzene rings is 4. The molecule has 0 spiro atoms. The zero-order valence-corrected chi connectivity index (χ0v) is 18.1. The van der Waals surface area contributed by atoms with Crippen LogP contribution in [0.1, 0.15) is 16.7 Å². The molecule has 0 saturated heterocycles. The lowest BCUT2D eigenvalue weighted by molar-refractivity contribution is -0.00882. The molecule has 0 fully saturated rings. The van der Waals surface area contributed by atoms with Crippen molar-refractivity contribution in [2.45, 2.75) is 13.3 Å². The van der Waals surface area contributed by atoms with Crippen molar-refractivity contribution in [3.8, 4) is 16.9 Å². The molecule has 0 radical (unpaired) electrons. The monoisotopic (exact) mass is 412 g/mol. The zero-order chi connectivity index (χ0) is 21.5. The highest BCUT2D eigenvalue weighted by Crippen LogP contribution is 2.31.